The van der Waals surface area contributed by atoms with Gasteiger partial charge in [-0.1, -0.05) is 17.3 Å². The Hall–Kier alpha value is -2.34. The molecular weight excluding hydrogens is 330 g/mol. The molecule has 0 aliphatic carbocycles. The average Bonchev–Trinajstić information content (AvgIpc) is 2.94. The molecule has 1 fully saturated rings. The average molecular weight is 357 g/mol. The van der Waals surface area contributed by atoms with Gasteiger partial charge in [0.25, 0.3) is 0 Å². The zero-order valence-corrected chi connectivity index (χ0v) is 15.7. The van der Waals surface area contributed by atoms with Crippen LogP contribution in [0.2, 0.25) is 0 Å². The van der Waals surface area contributed by atoms with Gasteiger partial charge in [0.2, 0.25) is 5.91 Å². The summed E-state index contributed by atoms with van der Waals surface area (Å²) in [4.78, 5) is 12.3. The van der Waals surface area contributed by atoms with Crippen molar-refractivity contribution in [2.24, 2.45) is 0 Å². The smallest absolute Gasteiger partial charge is 0.224 e. The highest BCUT2D eigenvalue weighted by Gasteiger charge is 2.22. The van der Waals surface area contributed by atoms with E-state index in [4.69, 9.17) is 9.26 Å². The van der Waals surface area contributed by atoms with E-state index in [-0.39, 0.29) is 11.9 Å². The van der Waals surface area contributed by atoms with Crippen LogP contribution in [-0.4, -0.2) is 29.7 Å². The Balaban J connectivity index is 1.50. The molecule has 6 nitrogen and oxygen atoms in total. The Labute approximate surface area is 154 Å². The summed E-state index contributed by atoms with van der Waals surface area (Å²) in [6, 6.07) is 8.20. The molecule has 1 aliphatic heterocycles. The number of aromatic nitrogens is 1. The van der Waals surface area contributed by atoms with Crippen LogP contribution in [0.25, 0.3) is 0 Å². The Morgan fingerprint density at radius 3 is 2.77 bits per heavy atom. The minimum absolute atomic E-state index is 0.0648. The van der Waals surface area contributed by atoms with Crippen LogP contribution in [0.15, 0.2) is 28.8 Å². The van der Waals surface area contributed by atoms with E-state index in [1.807, 2.05) is 38.1 Å². The molecule has 2 aromatic rings. The Morgan fingerprint density at radius 1 is 1.35 bits per heavy atom. The predicted octanol–water partition coefficient (Wildman–Crippen LogP) is 2.67. The normalized spacial score (nSPS) is 20.0. The fourth-order valence-corrected chi connectivity index (χ4v) is 3.25. The SMILES string of the molecule is Cc1noc(C)c1COc1ccc(CC(=O)NC2CCCNC2C)cc1. The molecule has 1 aromatic heterocycles. The first kappa shape index (κ1) is 18.5. The second kappa shape index (κ2) is 8.36. The molecule has 140 valence electrons. The molecule has 1 amide bonds. The maximum Gasteiger partial charge on any atom is 0.224 e. The molecule has 2 heterocycles. The number of carbonyl (C=O) groups excluding carboxylic acids is 1. The van der Waals surface area contributed by atoms with Gasteiger partial charge in [0, 0.05) is 12.1 Å². The summed E-state index contributed by atoms with van der Waals surface area (Å²) in [5.74, 6) is 1.61. The second-order valence-corrected chi connectivity index (χ2v) is 6.97. The van der Waals surface area contributed by atoms with Crippen LogP contribution in [0.3, 0.4) is 0 Å². The van der Waals surface area contributed by atoms with Gasteiger partial charge in [0.1, 0.15) is 18.1 Å². The number of hydrogen-bond donors (Lipinski definition) is 2. The summed E-state index contributed by atoms with van der Waals surface area (Å²) in [7, 11) is 0. The topological polar surface area (TPSA) is 76.4 Å². The summed E-state index contributed by atoms with van der Waals surface area (Å²) in [6.45, 7) is 7.36. The molecule has 1 aliphatic rings. The van der Waals surface area contributed by atoms with Gasteiger partial charge in [-0.05, 0) is 57.9 Å². The number of nitrogens with one attached hydrogen (secondary N) is 2. The van der Waals surface area contributed by atoms with Crippen molar-refractivity contribution >= 4 is 5.91 Å². The first-order valence-corrected chi connectivity index (χ1v) is 9.19. The number of benzene rings is 1. The molecule has 26 heavy (non-hydrogen) atoms. The third kappa shape index (κ3) is 4.64. The van der Waals surface area contributed by atoms with Crippen molar-refractivity contribution in [2.75, 3.05) is 6.54 Å². The molecule has 0 spiro atoms. The van der Waals surface area contributed by atoms with Gasteiger partial charge in [-0.15, -0.1) is 0 Å². The molecule has 2 unspecified atom stereocenters. The van der Waals surface area contributed by atoms with Crippen molar-refractivity contribution in [1.82, 2.24) is 15.8 Å². The van der Waals surface area contributed by atoms with E-state index in [2.05, 4.69) is 22.7 Å². The fourth-order valence-electron chi connectivity index (χ4n) is 3.25. The maximum atomic E-state index is 12.3. The predicted molar refractivity (Wildman–Crippen MR) is 99.1 cm³/mol. The lowest BCUT2D eigenvalue weighted by Crippen LogP contribution is -2.52. The quantitative estimate of drug-likeness (QED) is 0.831. The van der Waals surface area contributed by atoms with E-state index >= 15 is 0 Å². The number of amides is 1. The van der Waals surface area contributed by atoms with Crippen LogP contribution < -0.4 is 15.4 Å². The molecular formula is C20H27N3O3. The van der Waals surface area contributed by atoms with Gasteiger partial charge in [0.15, 0.2) is 0 Å². The minimum Gasteiger partial charge on any atom is -0.489 e. The number of piperidine rings is 1. The summed E-state index contributed by atoms with van der Waals surface area (Å²) in [6.07, 6.45) is 2.52. The molecule has 2 atom stereocenters. The van der Waals surface area contributed by atoms with Crippen molar-refractivity contribution in [3.63, 3.8) is 0 Å². The molecule has 0 saturated carbocycles. The van der Waals surface area contributed by atoms with Crippen LogP contribution in [0.1, 0.15) is 42.3 Å². The molecule has 1 saturated heterocycles. The third-order valence-corrected chi connectivity index (χ3v) is 4.96. The van der Waals surface area contributed by atoms with Crippen molar-refractivity contribution in [1.29, 1.82) is 0 Å². The number of rotatable bonds is 6. The van der Waals surface area contributed by atoms with Crippen LogP contribution in [-0.2, 0) is 17.8 Å². The van der Waals surface area contributed by atoms with Gasteiger partial charge in [0.05, 0.1) is 17.7 Å². The lowest BCUT2D eigenvalue weighted by Gasteiger charge is -2.30. The monoisotopic (exact) mass is 357 g/mol. The fraction of sp³-hybridized carbons (Fsp3) is 0.500. The zero-order chi connectivity index (χ0) is 18.5. The van der Waals surface area contributed by atoms with Gasteiger partial charge in [-0.3, -0.25) is 4.79 Å². The Morgan fingerprint density at radius 2 is 2.12 bits per heavy atom. The first-order chi connectivity index (χ1) is 12.5. The summed E-state index contributed by atoms with van der Waals surface area (Å²) in [5, 5.41) is 10.5. The molecule has 2 N–H and O–H groups in total. The lowest BCUT2D eigenvalue weighted by atomic mass is 9.99. The Bertz CT molecular complexity index is 720. The number of hydrogen-bond acceptors (Lipinski definition) is 5. The molecule has 3 rings (SSSR count). The third-order valence-electron chi connectivity index (χ3n) is 4.96. The van der Waals surface area contributed by atoms with E-state index in [9.17, 15) is 4.79 Å². The standard InChI is InChI=1S/C20H27N3O3/c1-13-18(15(3)26-23-13)12-25-17-8-6-16(7-9-17)11-20(24)22-19-5-4-10-21-14(19)2/h6-9,14,19,21H,4-5,10-12H2,1-3H3,(H,22,24). The van der Waals surface area contributed by atoms with Gasteiger partial charge >= 0.3 is 0 Å². The van der Waals surface area contributed by atoms with Gasteiger partial charge in [-0.2, -0.15) is 0 Å². The van der Waals surface area contributed by atoms with Crippen LogP contribution in [0.4, 0.5) is 0 Å². The number of aryl methyl sites for hydroxylation is 2. The summed E-state index contributed by atoms with van der Waals surface area (Å²) in [5.41, 5.74) is 2.80. The van der Waals surface area contributed by atoms with E-state index in [0.717, 1.165) is 47.7 Å². The van der Waals surface area contributed by atoms with Crippen molar-refractivity contribution in [3.8, 4) is 5.75 Å². The number of carbonyl (C=O) groups is 1. The number of nitrogens with zero attached hydrogens (tertiary/aromatic N) is 1. The zero-order valence-electron chi connectivity index (χ0n) is 15.7. The molecule has 6 heteroatoms. The highest BCUT2D eigenvalue weighted by molar-refractivity contribution is 5.79. The van der Waals surface area contributed by atoms with E-state index in [0.29, 0.717) is 19.1 Å². The number of ether oxygens (including phenoxy) is 1. The van der Waals surface area contributed by atoms with E-state index in [1.54, 1.807) is 0 Å². The van der Waals surface area contributed by atoms with Crippen molar-refractivity contribution < 1.29 is 14.1 Å². The van der Waals surface area contributed by atoms with Crippen LogP contribution in [0, 0.1) is 13.8 Å². The van der Waals surface area contributed by atoms with Crippen molar-refractivity contribution in [3.05, 3.63) is 46.8 Å². The largest absolute Gasteiger partial charge is 0.489 e. The highest BCUT2D eigenvalue weighted by atomic mass is 16.5. The van der Waals surface area contributed by atoms with Crippen LogP contribution in [0.5, 0.6) is 5.75 Å². The van der Waals surface area contributed by atoms with Crippen molar-refractivity contribution in [2.45, 2.75) is 58.7 Å². The maximum absolute atomic E-state index is 12.3. The van der Waals surface area contributed by atoms with E-state index < -0.39 is 0 Å². The second-order valence-electron chi connectivity index (χ2n) is 6.97. The van der Waals surface area contributed by atoms with Gasteiger partial charge < -0.3 is 19.9 Å². The van der Waals surface area contributed by atoms with Gasteiger partial charge in [-0.25, -0.2) is 0 Å². The first-order valence-electron chi connectivity index (χ1n) is 9.19. The Kier molecular flexibility index (Phi) is 5.93. The summed E-state index contributed by atoms with van der Waals surface area (Å²) < 4.78 is 10.9. The minimum atomic E-state index is 0.0648. The highest BCUT2D eigenvalue weighted by Crippen LogP contribution is 2.18. The molecule has 0 radical (unpaired) electrons. The van der Waals surface area contributed by atoms with Crippen LogP contribution >= 0.6 is 0 Å². The molecule has 0 bridgehead atoms. The van der Waals surface area contributed by atoms with E-state index in [1.165, 1.54) is 0 Å². The molecule has 1 aromatic carbocycles. The lowest BCUT2D eigenvalue weighted by molar-refractivity contribution is -0.121. The summed E-state index contributed by atoms with van der Waals surface area (Å²) >= 11 is 0.